The van der Waals surface area contributed by atoms with E-state index in [1.54, 1.807) is 24.3 Å². The number of benzene rings is 2. The lowest BCUT2D eigenvalue weighted by atomic mass is 10.1. The molecule has 2 rings (SSSR count). The number of rotatable bonds is 8. The molecule has 0 radical (unpaired) electrons. The van der Waals surface area contributed by atoms with Crippen LogP contribution in [0.2, 0.25) is 5.02 Å². The molecule has 1 amide bonds. The van der Waals surface area contributed by atoms with E-state index in [-0.39, 0.29) is 29.5 Å². The van der Waals surface area contributed by atoms with Crippen LogP contribution in [-0.4, -0.2) is 19.6 Å². The van der Waals surface area contributed by atoms with Crippen molar-refractivity contribution < 1.29 is 18.7 Å². The summed E-state index contributed by atoms with van der Waals surface area (Å²) in [6.45, 7) is 0.282. The number of nitrogens with zero attached hydrogens (tertiary/aromatic N) is 1. The summed E-state index contributed by atoms with van der Waals surface area (Å²) in [5.41, 5.74) is 1.04. The van der Waals surface area contributed by atoms with E-state index < -0.39 is 5.82 Å². The summed E-state index contributed by atoms with van der Waals surface area (Å²) in [7, 11) is 1.51. The maximum Gasteiger partial charge on any atom is 0.234 e. The predicted octanol–water partition coefficient (Wildman–Crippen LogP) is 3.64. The number of methoxy groups -OCH3 is 1. The Labute approximate surface area is 156 Å². The Kier molecular flexibility index (Phi) is 7.24. The molecule has 0 saturated heterocycles. The van der Waals surface area contributed by atoms with E-state index in [0.717, 1.165) is 5.56 Å². The number of carbonyl (C=O) groups excluding carboxylic acids is 1. The Morgan fingerprint density at radius 1 is 1.31 bits per heavy atom. The van der Waals surface area contributed by atoms with Crippen molar-refractivity contribution in [2.24, 2.45) is 0 Å². The van der Waals surface area contributed by atoms with Gasteiger partial charge in [0.1, 0.15) is 18.8 Å². The second-order valence-electron chi connectivity index (χ2n) is 5.37. The quantitative estimate of drug-likeness (QED) is 0.763. The Balaban J connectivity index is 2.13. The molecule has 0 saturated carbocycles. The van der Waals surface area contributed by atoms with Crippen LogP contribution in [-0.2, 0) is 17.8 Å². The number of para-hydroxylation sites is 1. The first-order valence-corrected chi connectivity index (χ1v) is 8.29. The minimum atomic E-state index is -0.447. The van der Waals surface area contributed by atoms with Gasteiger partial charge in [-0.25, -0.2) is 4.39 Å². The average molecular weight is 377 g/mol. The first kappa shape index (κ1) is 19.5. The molecular weight excluding hydrogens is 359 g/mol. The molecule has 26 heavy (non-hydrogen) atoms. The van der Waals surface area contributed by atoms with Crippen molar-refractivity contribution >= 4 is 17.5 Å². The van der Waals surface area contributed by atoms with Crippen molar-refractivity contribution in [3.05, 3.63) is 58.4 Å². The highest BCUT2D eigenvalue weighted by atomic mass is 35.5. The van der Waals surface area contributed by atoms with Gasteiger partial charge in [0.2, 0.25) is 5.91 Å². The Hall–Kier alpha value is -2.78. The largest absolute Gasteiger partial charge is 0.493 e. The minimum Gasteiger partial charge on any atom is -0.493 e. The van der Waals surface area contributed by atoms with Crippen molar-refractivity contribution in [2.75, 3.05) is 13.7 Å². The number of hydrogen-bond donors (Lipinski definition) is 1. The van der Waals surface area contributed by atoms with Gasteiger partial charge in [0.05, 0.1) is 18.2 Å². The number of carbonyl (C=O) groups is 1. The predicted molar refractivity (Wildman–Crippen MR) is 95.7 cm³/mol. The van der Waals surface area contributed by atoms with Crippen LogP contribution < -0.4 is 14.8 Å². The molecule has 0 aromatic heterocycles. The maximum atomic E-state index is 13.9. The fraction of sp³-hybridized carbons (Fsp3) is 0.263. The molecule has 5 nitrogen and oxygen atoms in total. The minimum absolute atomic E-state index is 0.0559. The molecule has 1 N–H and O–H groups in total. The summed E-state index contributed by atoms with van der Waals surface area (Å²) in [6.07, 6.45) is 0.280. The molecule has 0 heterocycles. The summed E-state index contributed by atoms with van der Waals surface area (Å²) in [6, 6.07) is 11.6. The van der Waals surface area contributed by atoms with Gasteiger partial charge in [-0.15, -0.1) is 0 Å². The molecule has 0 fully saturated rings. The van der Waals surface area contributed by atoms with Crippen LogP contribution in [0.3, 0.4) is 0 Å². The lowest BCUT2D eigenvalue weighted by Crippen LogP contribution is -2.25. The Morgan fingerprint density at radius 3 is 2.77 bits per heavy atom. The normalized spacial score (nSPS) is 10.1. The third kappa shape index (κ3) is 5.11. The molecule has 0 bridgehead atoms. The van der Waals surface area contributed by atoms with E-state index in [0.29, 0.717) is 24.5 Å². The van der Waals surface area contributed by atoms with E-state index >= 15 is 0 Å². The number of nitriles is 1. The van der Waals surface area contributed by atoms with Gasteiger partial charge < -0.3 is 14.8 Å². The van der Waals surface area contributed by atoms with Gasteiger partial charge in [-0.1, -0.05) is 29.8 Å². The third-order valence-corrected chi connectivity index (χ3v) is 4.01. The standard InChI is InChI=1S/C19H18ClFN2O3/c1-25-17-7-2-4-13(9-11-23-18(24)8-10-22)19(17)26-12-14-15(20)5-3-6-16(14)21/h2-7H,8-9,11-12H2,1H3,(H,23,24). The third-order valence-electron chi connectivity index (χ3n) is 3.66. The highest BCUT2D eigenvalue weighted by Gasteiger charge is 2.14. The number of amides is 1. The highest BCUT2D eigenvalue weighted by Crippen LogP contribution is 2.33. The van der Waals surface area contributed by atoms with E-state index in [1.165, 1.54) is 19.2 Å². The van der Waals surface area contributed by atoms with Crippen LogP contribution in [0.25, 0.3) is 0 Å². The summed E-state index contributed by atoms with van der Waals surface area (Å²) in [4.78, 5) is 11.4. The van der Waals surface area contributed by atoms with Crippen molar-refractivity contribution in [2.45, 2.75) is 19.4 Å². The zero-order valence-corrected chi connectivity index (χ0v) is 15.0. The smallest absolute Gasteiger partial charge is 0.234 e. The van der Waals surface area contributed by atoms with Crippen molar-refractivity contribution in [3.63, 3.8) is 0 Å². The van der Waals surface area contributed by atoms with Crippen LogP contribution in [0.1, 0.15) is 17.5 Å². The fourth-order valence-electron chi connectivity index (χ4n) is 2.37. The molecule has 0 atom stereocenters. The van der Waals surface area contributed by atoms with Gasteiger partial charge in [0, 0.05) is 12.1 Å². The molecule has 2 aromatic carbocycles. The lowest BCUT2D eigenvalue weighted by molar-refractivity contribution is -0.120. The second kappa shape index (κ2) is 9.64. The van der Waals surface area contributed by atoms with Gasteiger partial charge in [0.25, 0.3) is 0 Å². The Morgan fingerprint density at radius 2 is 2.08 bits per heavy atom. The number of halogens is 2. The lowest BCUT2D eigenvalue weighted by Gasteiger charge is -2.16. The van der Waals surface area contributed by atoms with E-state index in [2.05, 4.69) is 5.32 Å². The van der Waals surface area contributed by atoms with E-state index in [4.69, 9.17) is 26.3 Å². The molecule has 7 heteroatoms. The summed E-state index contributed by atoms with van der Waals surface area (Å²) < 4.78 is 25.0. The van der Waals surface area contributed by atoms with Crippen molar-refractivity contribution in [1.29, 1.82) is 5.26 Å². The first-order chi connectivity index (χ1) is 12.6. The molecule has 0 spiro atoms. The first-order valence-electron chi connectivity index (χ1n) is 7.92. The molecule has 136 valence electrons. The monoisotopic (exact) mass is 376 g/mol. The number of nitrogens with one attached hydrogen (secondary N) is 1. The highest BCUT2D eigenvalue weighted by molar-refractivity contribution is 6.31. The zero-order valence-electron chi connectivity index (χ0n) is 14.2. The molecule has 0 unspecified atom stereocenters. The zero-order chi connectivity index (χ0) is 18.9. The van der Waals surface area contributed by atoms with E-state index in [1.807, 2.05) is 6.07 Å². The summed E-state index contributed by atoms with van der Waals surface area (Å²) >= 11 is 6.03. The van der Waals surface area contributed by atoms with E-state index in [9.17, 15) is 9.18 Å². The second-order valence-corrected chi connectivity index (χ2v) is 5.78. The number of ether oxygens (including phenoxy) is 2. The van der Waals surface area contributed by atoms with Gasteiger partial charge >= 0.3 is 0 Å². The molecule has 0 aliphatic heterocycles. The van der Waals surface area contributed by atoms with Crippen molar-refractivity contribution in [1.82, 2.24) is 5.32 Å². The van der Waals surface area contributed by atoms with Gasteiger partial charge in [-0.05, 0) is 30.2 Å². The molecular formula is C19H18ClFN2O3. The molecule has 2 aromatic rings. The van der Waals surface area contributed by atoms with Crippen LogP contribution in [0.15, 0.2) is 36.4 Å². The summed E-state index contributed by atoms with van der Waals surface area (Å²) in [5.74, 6) is 0.177. The average Bonchev–Trinajstić information content (AvgIpc) is 2.62. The molecule has 0 aliphatic carbocycles. The molecule has 0 aliphatic rings. The van der Waals surface area contributed by atoms with Crippen LogP contribution in [0, 0.1) is 17.1 Å². The topological polar surface area (TPSA) is 71.3 Å². The van der Waals surface area contributed by atoms with Gasteiger partial charge in [-0.3, -0.25) is 4.79 Å². The summed E-state index contributed by atoms with van der Waals surface area (Å²) in [5, 5.41) is 11.4. The van der Waals surface area contributed by atoms with Crippen LogP contribution in [0.5, 0.6) is 11.5 Å². The van der Waals surface area contributed by atoms with Crippen LogP contribution in [0.4, 0.5) is 4.39 Å². The maximum absolute atomic E-state index is 13.9. The Bertz CT molecular complexity index is 801. The van der Waals surface area contributed by atoms with Gasteiger partial charge in [0.15, 0.2) is 11.5 Å². The number of hydrogen-bond acceptors (Lipinski definition) is 4. The van der Waals surface area contributed by atoms with Gasteiger partial charge in [-0.2, -0.15) is 5.26 Å². The van der Waals surface area contributed by atoms with Crippen LogP contribution >= 0.6 is 11.6 Å². The SMILES string of the molecule is COc1cccc(CCNC(=O)CC#N)c1OCc1c(F)cccc1Cl. The van der Waals surface area contributed by atoms with Crippen molar-refractivity contribution in [3.8, 4) is 17.6 Å². The fourth-order valence-corrected chi connectivity index (χ4v) is 2.59.